The van der Waals surface area contributed by atoms with Crippen LogP contribution in [0, 0.1) is 11.6 Å². The summed E-state index contributed by atoms with van der Waals surface area (Å²) in [6.07, 6.45) is 3.19. The number of carbonyl (C=O) groups is 1. The lowest BCUT2D eigenvalue weighted by Gasteiger charge is -2.23. The van der Waals surface area contributed by atoms with E-state index in [9.17, 15) is 13.6 Å². The summed E-state index contributed by atoms with van der Waals surface area (Å²) >= 11 is 2.98. The minimum Gasteiger partial charge on any atom is -0.350 e. The summed E-state index contributed by atoms with van der Waals surface area (Å²) in [5, 5.41) is 5.83. The topological polar surface area (TPSA) is 41.1 Å². The quantitative estimate of drug-likeness (QED) is 0.893. The van der Waals surface area contributed by atoms with Gasteiger partial charge in [0.05, 0.1) is 0 Å². The van der Waals surface area contributed by atoms with Gasteiger partial charge in [-0.1, -0.05) is 22.4 Å². The fraction of sp³-hybridized carbons (Fsp3) is 0.462. The molecule has 0 saturated carbocycles. The van der Waals surface area contributed by atoms with Gasteiger partial charge in [-0.15, -0.1) is 0 Å². The molecule has 0 spiro atoms. The molecule has 1 saturated heterocycles. The van der Waals surface area contributed by atoms with E-state index in [0.717, 1.165) is 37.9 Å². The van der Waals surface area contributed by atoms with Crippen LogP contribution < -0.4 is 10.6 Å². The Bertz CT molecular complexity index is 453. The molecule has 6 heteroatoms. The fourth-order valence-electron chi connectivity index (χ4n) is 2.16. The predicted molar refractivity (Wildman–Crippen MR) is 72.0 cm³/mol. The minimum atomic E-state index is -0.860. The second kappa shape index (κ2) is 6.43. The lowest BCUT2D eigenvalue weighted by molar-refractivity contribution is 0.0939. The molecular weight excluding hydrogens is 318 g/mol. The van der Waals surface area contributed by atoms with E-state index in [1.54, 1.807) is 0 Å². The van der Waals surface area contributed by atoms with Crippen molar-refractivity contribution in [3.8, 4) is 0 Å². The van der Waals surface area contributed by atoms with E-state index < -0.39 is 23.1 Å². The molecule has 0 aliphatic carbocycles. The third kappa shape index (κ3) is 3.73. The Morgan fingerprint density at radius 3 is 2.63 bits per heavy atom. The molecule has 2 rings (SSSR count). The van der Waals surface area contributed by atoms with Crippen LogP contribution in [0.5, 0.6) is 0 Å². The lowest BCUT2D eigenvalue weighted by Crippen LogP contribution is -2.43. The van der Waals surface area contributed by atoms with Gasteiger partial charge >= 0.3 is 0 Å². The largest absolute Gasteiger partial charge is 0.350 e. The monoisotopic (exact) mass is 332 g/mol. The molecule has 1 unspecified atom stereocenters. The second-order valence-electron chi connectivity index (χ2n) is 4.60. The summed E-state index contributed by atoms with van der Waals surface area (Å²) in [6.45, 7) is 1.30. The maximum Gasteiger partial charge on any atom is 0.257 e. The third-order valence-corrected chi connectivity index (χ3v) is 3.61. The maximum atomic E-state index is 13.6. The number of piperidine rings is 1. The Labute approximate surface area is 118 Å². The van der Waals surface area contributed by atoms with E-state index in [0.29, 0.717) is 6.54 Å². The van der Waals surface area contributed by atoms with E-state index in [4.69, 9.17) is 0 Å². The van der Waals surface area contributed by atoms with Gasteiger partial charge in [0.15, 0.2) is 0 Å². The highest BCUT2D eigenvalue weighted by Gasteiger charge is 2.20. The summed E-state index contributed by atoms with van der Waals surface area (Å²) in [4.78, 5) is 11.8. The van der Waals surface area contributed by atoms with Gasteiger partial charge < -0.3 is 10.6 Å². The van der Waals surface area contributed by atoms with Gasteiger partial charge in [-0.25, -0.2) is 8.78 Å². The van der Waals surface area contributed by atoms with Crippen LogP contribution >= 0.6 is 15.9 Å². The van der Waals surface area contributed by atoms with E-state index in [2.05, 4.69) is 26.6 Å². The number of rotatable bonds is 3. The van der Waals surface area contributed by atoms with Crippen molar-refractivity contribution in [2.24, 2.45) is 0 Å². The zero-order chi connectivity index (χ0) is 13.8. The third-order valence-electron chi connectivity index (χ3n) is 3.16. The number of benzene rings is 1. The van der Waals surface area contributed by atoms with E-state index in [-0.39, 0.29) is 10.5 Å². The summed E-state index contributed by atoms with van der Waals surface area (Å²) in [5.41, 5.74) is -0.529. The van der Waals surface area contributed by atoms with Crippen LogP contribution in [0.1, 0.15) is 29.6 Å². The van der Waals surface area contributed by atoms with Crippen molar-refractivity contribution in [1.29, 1.82) is 0 Å². The average molecular weight is 333 g/mol. The highest BCUT2D eigenvalue weighted by atomic mass is 79.9. The van der Waals surface area contributed by atoms with E-state index in [1.807, 2.05) is 0 Å². The molecule has 0 aromatic heterocycles. The molecule has 1 aliphatic heterocycles. The number of halogens is 3. The molecule has 3 nitrogen and oxygen atoms in total. The van der Waals surface area contributed by atoms with Gasteiger partial charge in [0, 0.05) is 17.1 Å². The molecule has 1 aromatic rings. The van der Waals surface area contributed by atoms with Gasteiger partial charge in [-0.3, -0.25) is 4.79 Å². The first-order chi connectivity index (χ1) is 9.08. The van der Waals surface area contributed by atoms with Crippen molar-refractivity contribution < 1.29 is 13.6 Å². The number of hydrogen-bond donors (Lipinski definition) is 2. The van der Waals surface area contributed by atoms with Gasteiger partial charge in [-0.2, -0.15) is 0 Å². The molecule has 1 heterocycles. The molecule has 1 fully saturated rings. The molecule has 1 aromatic carbocycles. The zero-order valence-electron chi connectivity index (χ0n) is 10.3. The molecule has 1 atom stereocenters. The Kier molecular flexibility index (Phi) is 4.87. The van der Waals surface area contributed by atoms with Crippen LogP contribution in [0.3, 0.4) is 0 Å². The molecule has 0 radical (unpaired) electrons. The van der Waals surface area contributed by atoms with Crippen LogP contribution in [-0.2, 0) is 0 Å². The van der Waals surface area contributed by atoms with Crippen LogP contribution in [0.4, 0.5) is 8.78 Å². The Balaban J connectivity index is 1.99. The molecule has 2 N–H and O–H groups in total. The first kappa shape index (κ1) is 14.4. The molecule has 1 amide bonds. The van der Waals surface area contributed by atoms with Crippen LogP contribution in [-0.4, -0.2) is 25.0 Å². The van der Waals surface area contributed by atoms with Crippen molar-refractivity contribution >= 4 is 21.8 Å². The van der Waals surface area contributed by atoms with Crippen LogP contribution in [0.25, 0.3) is 0 Å². The van der Waals surface area contributed by atoms with Gasteiger partial charge in [0.2, 0.25) is 0 Å². The molecule has 0 bridgehead atoms. The Hall–Kier alpha value is -1.01. The smallest absolute Gasteiger partial charge is 0.257 e. The minimum absolute atomic E-state index is 0.180. The highest BCUT2D eigenvalue weighted by Crippen LogP contribution is 2.19. The van der Waals surface area contributed by atoms with Gasteiger partial charge in [0.1, 0.15) is 17.2 Å². The standard InChI is InChI=1S/C13H15BrF2N2O/c14-8-5-10(15)12(11(16)6-8)13(19)18-7-9-3-1-2-4-17-9/h5-6,9,17H,1-4,7H2,(H,18,19). The van der Waals surface area contributed by atoms with Crippen molar-refractivity contribution in [2.75, 3.05) is 13.1 Å². The molecule has 19 heavy (non-hydrogen) atoms. The van der Waals surface area contributed by atoms with Crippen LogP contribution in [0.15, 0.2) is 16.6 Å². The first-order valence-electron chi connectivity index (χ1n) is 6.24. The number of hydrogen-bond acceptors (Lipinski definition) is 2. The highest BCUT2D eigenvalue weighted by molar-refractivity contribution is 9.10. The summed E-state index contributed by atoms with van der Waals surface area (Å²) in [5.74, 6) is -2.43. The summed E-state index contributed by atoms with van der Waals surface area (Å²) in [7, 11) is 0. The average Bonchev–Trinajstić information content (AvgIpc) is 2.36. The Morgan fingerprint density at radius 1 is 1.37 bits per heavy atom. The summed E-state index contributed by atoms with van der Waals surface area (Å²) < 4.78 is 27.4. The van der Waals surface area contributed by atoms with E-state index in [1.165, 1.54) is 0 Å². The molecule has 1 aliphatic rings. The van der Waals surface area contributed by atoms with Crippen molar-refractivity contribution in [3.05, 3.63) is 33.8 Å². The predicted octanol–water partition coefficient (Wildman–Crippen LogP) is 2.60. The molecule has 104 valence electrons. The van der Waals surface area contributed by atoms with Crippen molar-refractivity contribution in [3.63, 3.8) is 0 Å². The number of amides is 1. The molecular formula is C13H15BrF2N2O. The summed E-state index contributed by atoms with van der Waals surface area (Å²) in [6, 6.07) is 2.34. The number of carbonyl (C=O) groups excluding carboxylic acids is 1. The maximum absolute atomic E-state index is 13.6. The fourth-order valence-corrected chi connectivity index (χ4v) is 2.56. The second-order valence-corrected chi connectivity index (χ2v) is 5.52. The first-order valence-corrected chi connectivity index (χ1v) is 7.03. The normalized spacial score (nSPS) is 19.2. The van der Waals surface area contributed by atoms with Gasteiger partial charge in [-0.05, 0) is 31.5 Å². The van der Waals surface area contributed by atoms with Crippen molar-refractivity contribution in [1.82, 2.24) is 10.6 Å². The van der Waals surface area contributed by atoms with Crippen LogP contribution in [0.2, 0.25) is 0 Å². The van der Waals surface area contributed by atoms with E-state index >= 15 is 0 Å². The Morgan fingerprint density at radius 2 is 2.05 bits per heavy atom. The lowest BCUT2D eigenvalue weighted by atomic mass is 10.0. The number of nitrogens with one attached hydrogen (secondary N) is 2. The van der Waals surface area contributed by atoms with Crippen molar-refractivity contribution in [2.45, 2.75) is 25.3 Å². The zero-order valence-corrected chi connectivity index (χ0v) is 11.9. The van der Waals surface area contributed by atoms with Gasteiger partial charge in [0.25, 0.3) is 5.91 Å². The SMILES string of the molecule is O=C(NCC1CCCCN1)c1c(F)cc(Br)cc1F.